The molecule has 0 amide bonds. The van der Waals surface area contributed by atoms with Crippen LogP contribution in [0.1, 0.15) is 11.8 Å². The van der Waals surface area contributed by atoms with Crippen molar-refractivity contribution in [3.8, 4) is 0 Å². The Morgan fingerprint density at radius 1 is 0.667 bits per heavy atom. The summed E-state index contributed by atoms with van der Waals surface area (Å²) >= 11 is 0. The Bertz CT molecular complexity index is 1070. The average molecular weight is 320 g/mol. The second kappa shape index (κ2) is 5.73. The monoisotopic (exact) mass is 320 g/mol. The smallest absolute Gasteiger partial charge is 0.346 e. The molecule has 4 rings (SSSR count). The summed E-state index contributed by atoms with van der Waals surface area (Å²) in [6.45, 7) is 0. The maximum atomic E-state index is 11.9. The average Bonchev–Trinajstić information content (AvgIpc) is 2.60. The molecule has 0 saturated heterocycles. The highest BCUT2D eigenvalue weighted by atomic mass is 16.4. The highest BCUT2D eigenvalue weighted by Crippen LogP contribution is 2.11. The SMILES string of the molecule is O=c1oc(CCc2nc3ccccc3c(=O)o2)nc2ccccc12. The molecule has 0 aliphatic heterocycles. The Morgan fingerprint density at radius 2 is 1.08 bits per heavy atom. The van der Waals surface area contributed by atoms with Crippen LogP contribution in [0.2, 0.25) is 0 Å². The molecule has 2 aromatic carbocycles. The number of aromatic nitrogens is 2. The van der Waals surface area contributed by atoms with Crippen molar-refractivity contribution >= 4 is 21.8 Å². The molecule has 4 aromatic rings. The molecule has 6 nitrogen and oxygen atoms in total. The van der Waals surface area contributed by atoms with Gasteiger partial charge in [0.2, 0.25) is 0 Å². The first-order chi connectivity index (χ1) is 11.7. The fraction of sp³-hybridized carbons (Fsp3) is 0.111. The molecule has 0 aliphatic carbocycles. The summed E-state index contributed by atoms with van der Waals surface area (Å²) in [4.78, 5) is 32.5. The normalized spacial score (nSPS) is 11.2. The molecule has 0 spiro atoms. The van der Waals surface area contributed by atoms with Gasteiger partial charge in [0.25, 0.3) is 0 Å². The summed E-state index contributed by atoms with van der Waals surface area (Å²) in [5, 5.41) is 0.883. The van der Waals surface area contributed by atoms with Crippen LogP contribution in [-0.2, 0) is 12.8 Å². The molecule has 0 fully saturated rings. The number of aryl methyl sites for hydroxylation is 2. The molecule has 6 heteroatoms. The molecule has 0 N–H and O–H groups in total. The van der Waals surface area contributed by atoms with E-state index < -0.39 is 11.3 Å². The molecule has 0 aliphatic rings. The summed E-state index contributed by atoms with van der Waals surface area (Å²) in [7, 11) is 0. The van der Waals surface area contributed by atoms with Gasteiger partial charge in [-0.1, -0.05) is 24.3 Å². The molecule has 0 bridgehead atoms. The van der Waals surface area contributed by atoms with Crippen LogP contribution in [-0.4, -0.2) is 9.97 Å². The van der Waals surface area contributed by atoms with Crippen LogP contribution in [0.5, 0.6) is 0 Å². The fourth-order valence-corrected chi connectivity index (χ4v) is 2.55. The lowest BCUT2D eigenvalue weighted by Gasteiger charge is -2.02. The van der Waals surface area contributed by atoms with E-state index in [0.29, 0.717) is 34.6 Å². The van der Waals surface area contributed by atoms with Gasteiger partial charge in [-0.05, 0) is 24.3 Å². The number of hydrogen-bond donors (Lipinski definition) is 0. The van der Waals surface area contributed by atoms with E-state index >= 15 is 0 Å². The van der Waals surface area contributed by atoms with E-state index in [0.717, 1.165) is 0 Å². The second-order valence-electron chi connectivity index (χ2n) is 5.32. The van der Waals surface area contributed by atoms with Crippen LogP contribution >= 0.6 is 0 Å². The van der Waals surface area contributed by atoms with E-state index in [1.165, 1.54) is 0 Å². The van der Waals surface area contributed by atoms with Crippen molar-refractivity contribution in [1.29, 1.82) is 0 Å². The Morgan fingerprint density at radius 3 is 1.54 bits per heavy atom. The zero-order chi connectivity index (χ0) is 16.5. The number of hydrogen-bond acceptors (Lipinski definition) is 6. The largest absolute Gasteiger partial charge is 0.408 e. The third-order valence-corrected chi connectivity index (χ3v) is 3.71. The van der Waals surface area contributed by atoms with Crippen molar-refractivity contribution in [3.05, 3.63) is 81.2 Å². The van der Waals surface area contributed by atoms with E-state index in [-0.39, 0.29) is 11.8 Å². The van der Waals surface area contributed by atoms with E-state index in [9.17, 15) is 9.59 Å². The summed E-state index contributed by atoms with van der Waals surface area (Å²) in [5.41, 5.74) is 0.306. The van der Waals surface area contributed by atoms with E-state index in [2.05, 4.69) is 9.97 Å². The maximum absolute atomic E-state index is 11.9. The van der Waals surface area contributed by atoms with Crippen molar-refractivity contribution < 1.29 is 8.83 Å². The zero-order valence-corrected chi connectivity index (χ0v) is 12.6. The van der Waals surface area contributed by atoms with Gasteiger partial charge in [0, 0.05) is 12.8 Å². The lowest BCUT2D eigenvalue weighted by Crippen LogP contribution is -2.08. The van der Waals surface area contributed by atoms with Gasteiger partial charge in [-0.15, -0.1) is 0 Å². The van der Waals surface area contributed by atoms with Gasteiger partial charge in [0.1, 0.15) is 0 Å². The highest BCUT2D eigenvalue weighted by molar-refractivity contribution is 5.77. The first kappa shape index (κ1) is 14.3. The number of benzene rings is 2. The molecule has 2 heterocycles. The molecular weight excluding hydrogens is 308 g/mol. The fourth-order valence-electron chi connectivity index (χ4n) is 2.55. The summed E-state index contributed by atoms with van der Waals surface area (Å²) < 4.78 is 10.4. The summed E-state index contributed by atoms with van der Waals surface area (Å²) in [6, 6.07) is 14.0. The number of rotatable bonds is 3. The molecule has 0 radical (unpaired) electrons. The van der Waals surface area contributed by atoms with Crippen LogP contribution < -0.4 is 11.3 Å². The predicted molar refractivity (Wildman–Crippen MR) is 88.0 cm³/mol. The van der Waals surface area contributed by atoms with Crippen molar-refractivity contribution in [2.24, 2.45) is 0 Å². The van der Waals surface area contributed by atoms with E-state index in [1.807, 2.05) is 12.1 Å². The summed E-state index contributed by atoms with van der Waals surface area (Å²) in [6.07, 6.45) is 0.628. The number of para-hydroxylation sites is 2. The third kappa shape index (κ3) is 2.58. The topological polar surface area (TPSA) is 86.2 Å². The van der Waals surface area contributed by atoms with Crippen LogP contribution in [0.3, 0.4) is 0 Å². The van der Waals surface area contributed by atoms with Gasteiger partial charge < -0.3 is 8.83 Å². The Labute approximate surface area is 135 Å². The molecule has 0 saturated carbocycles. The Hall–Kier alpha value is -3.28. The minimum absolute atomic E-state index is 0.288. The molecule has 2 aromatic heterocycles. The first-order valence-corrected chi connectivity index (χ1v) is 7.48. The number of fused-ring (bicyclic) bond motifs is 2. The predicted octanol–water partition coefficient (Wildman–Crippen LogP) is 2.47. The first-order valence-electron chi connectivity index (χ1n) is 7.48. The van der Waals surface area contributed by atoms with Crippen molar-refractivity contribution in [1.82, 2.24) is 9.97 Å². The Balaban J connectivity index is 1.65. The van der Waals surface area contributed by atoms with Gasteiger partial charge in [-0.3, -0.25) is 0 Å². The molecule has 118 valence electrons. The van der Waals surface area contributed by atoms with Crippen LogP contribution in [0.25, 0.3) is 21.8 Å². The maximum Gasteiger partial charge on any atom is 0.346 e. The van der Waals surface area contributed by atoms with Crippen molar-refractivity contribution in [3.63, 3.8) is 0 Å². The van der Waals surface area contributed by atoms with Crippen molar-refractivity contribution in [2.45, 2.75) is 12.8 Å². The summed E-state index contributed by atoms with van der Waals surface area (Å²) in [5.74, 6) is 0.576. The van der Waals surface area contributed by atoms with Crippen molar-refractivity contribution in [2.75, 3.05) is 0 Å². The van der Waals surface area contributed by atoms with Crippen LogP contribution in [0.15, 0.2) is 67.0 Å². The zero-order valence-electron chi connectivity index (χ0n) is 12.6. The van der Waals surface area contributed by atoms with Gasteiger partial charge in [0.05, 0.1) is 21.8 Å². The van der Waals surface area contributed by atoms with Crippen LogP contribution in [0, 0.1) is 0 Å². The molecule has 0 unspecified atom stereocenters. The lowest BCUT2D eigenvalue weighted by atomic mass is 10.2. The highest BCUT2D eigenvalue weighted by Gasteiger charge is 2.09. The molecular formula is C18H12N2O4. The van der Waals surface area contributed by atoms with Gasteiger partial charge >= 0.3 is 11.3 Å². The Kier molecular flexibility index (Phi) is 3.42. The van der Waals surface area contributed by atoms with E-state index in [1.54, 1.807) is 36.4 Å². The standard InChI is InChI=1S/C18H12N2O4/c21-17-11-5-1-3-7-13(11)19-15(23-17)9-10-16-20-14-8-4-2-6-12(14)18(22)24-16/h1-8H,9-10H2. The molecule has 0 atom stereocenters. The second-order valence-corrected chi connectivity index (χ2v) is 5.32. The minimum Gasteiger partial charge on any atom is -0.408 e. The quantitative estimate of drug-likeness (QED) is 0.576. The molecule has 24 heavy (non-hydrogen) atoms. The minimum atomic E-state index is -0.427. The van der Waals surface area contributed by atoms with Gasteiger partial charge in [-0.25, -0.2) is 19.6 Å². The lowest BCUT2D eigenvalue weighted by molar-refractivity contribution is 0.410. The third-order valence-electron chi connectivity index (χ3n) is 3.71. The van der Waals surface area contributed by atoms with Gasteiger partial charge in [0.15, 0.2) is 11.8 Å². The van der Waals surface area contributed by atoms with Crippen LogP contribution in [0.4, 0.5) is 0 Å². The number of nitrogens with zero attached hydrogens (tertiary/aromatic N) is 2. The van der Waals surface area contributed by atoms with E-state index in [4.69, 9.17) is 8.83 Å². The van der Waals surface area contributed by atoms with Gasteiger partial charge in [-0.2, -0.15) is 0 Å².